The summed E-state index contributed by atoms with van der Waals surface area (Å²) >= 11 is 0. The first-order chi connectivity index (χ1) is 12.5. The van der Waals surface area contributed by atoms with Gasteiger partial charge in [0.25, 0.3) is 0 Å². The second-order valence-corrected chi connectivity index (χ2v) is 10.2. The van der Waals surface area contributed by atoms with Crippen LogP contribution >= 0.6 is 0 Å². The maximum Gasteiger partial charge on any atom is 0.190 e. The molecule has 4 rings (SSSR count). The molecule has 4 aliphatic carbocycles. The molecule has 7 atom stereocenters. The fraction of sp³-hybridized carbons (Fsp3) is 0.818. The van der Waals surface area contributed by atoms with Crippen LogP contribution in [0.1, 0.15) is 65.7 Å². The third-order valence-corrected chi connectivity index (χ3v) is 9.49. The molecule has 0 bridgehead atoms. The summed E-state index contributed by atoms with van der Waals surface area (Å²) < 4.78 is 0. The molecule has 0 aromatic heterocycles. The maximum atomic E-state index is 12.5. The van der Waals surface area contributed by atoms with Gasteiger partial charge in [-0.25, -0.2) is 0 Å². The van der Waals surface area contributed by atoms with E-state index in [1.165, 1.54) is 5.57 Å². The smallest absolute Gasteiger partial charge is 0.190 e. The molecule has 0 radical (unpaired) electrons. The van der Waals surface area contributed by atoms with E-state index < -0.39 is 29.5 Å². The molecule has 0 spiro atoms. The molecule has 0 heterocycles. The molecule has 3 unspecified atom stereocenters. The Morgan fingerprint density at radius 3 is 2.56 bits per heavy atom. The molecule has 5 heteroatoms. The Hall–Kier alpha value is -1.04. The van der Waals surface area contributed by atoms with E-state index in [1.54, 1.807) is 0 Å². The first kappa shape index (κ1) is 19.3. The van der Waals surface area contributed by atoms with Crippen molar-refractivity contribution in [2.45, 2.75) is 77.4 Å². The number of aliphatic hydroxyl groups excluding tert-OH is 2. The Bertz CT molecular complexity index is 728. The van der Waals surface area contributed by atoms with Gasteiger partial charge < -0.3 is 15.3 Å². The second-order valence-electron chi connectivity index (χ2n) is 10.2. The van der Waals surface area contributed by atoms with E-state index in [0.29, 0.717) is 25.7 Å². The summed E-state index contributed by atoms with van der Waals surface area (Å²) in [5, 5.41) is 32.1. The summed E-state index contributed by atoms with van der Waals surface area (Å²) in [6, 6.07) is 0. The molecule has 0 aliphatic heterocycles. The number of fused-ring (bicyclic) bond motifs is 5. The Morgan fingerprint density at radius 2 is 1.89 bits per heavy atom. The number of Topliss-reactive ketones (excluding diaryl/α,β-unsaturated/α-hetero) is 1. The van der Waals surface area contributed by atoms with Crippen LogP contribution in [0.25, 0.3) is 0 Å². The summed E-state index contributed by atoms with van der Waals surface area (Å²) in [6.45, 7) is 5.63. The van der Waals surface area contributed by atoms with Gasteiger partial charge in [0.1, 0.15) is 12.2 Å². The molecule has 150 valence electrons. The third kappa shape index (κ3) is 2.16. The van der Waals surface area contributed by atoms with Gasteiger partial charge in [0.15, 0.2) is 11.6 Å². The van der Waals surface area contributed by atoms with Gasteiger partial charge in [-0.15, -0.1) is 0 Å². The number of hydrogen-bond donors (Lipinski definition) is 3. The molecule has 0 amide bonds. The van der Waals surface area contributed by atoms with Gasteiger partial charge in [-0.3, -0.25) is 9.59 Å². The molecule has 5 nitrogen and oxygen atoms in total. The van der Waals surface area contributed by atoms with Crippen LogP contribution in [0.3, 0.4) is 0 Å². The summed E-state index contributed by atoms with van der Waals surface area (Å²) in [6.07, 6.45) is 5.58. The van der Waals surface area contributed by atoms with Crippen molar-refractivity contribution in [3.8, 4) is 0 Å². The zero-order valence-electron chi connectivity index (χ0n) is 16.6. The van der Waals surface area contributed by atoms with Crippen molar-refractivity contribution in [3.05, 3.63) is 11.6 Å². The average Bonchev–Trinajstić information content (AvgIpc) is 2.83. The Kier molecular flexibility index (Phi) is 4.10. The van der Waals surface area contributed by atoms with Crippen molar-refractivity contribution in [3.63, 3.8) is 0 Å². The van der Waals surface area contributed by atoms with Gasteiger partial charge in [0.05, 0.1) is 6.10 Å². The first-order valence-electron chi connectivity index (χ1n) is 10.3. The number of aliphatic hydroxyl groups is 3. The molecule has 0 aromatic carbocycles. The highest BCUT2D eigenvalue weighted by atomic mass is 16.3. The molecule has 3 saturated carbocycles. The largest absolute Gasteiger partial charge is 0.393 e. The number of rotatable bonds is 2. The average molecular weight is 376 g/mol. The lowest BCUT2D eigenvalue weighted by molar-refractivity contribution is -0.208. The van der Waals surface area contributed by atoms with E-state index in [1.807, 2.05) is 13.0 Å². The predicted molar refractivity (Wildman–Crippen MR) is 99.8 cm³/mol. The summed E-state index contributed by atoms with van der Waals surface area (Å²) in [5.41, 5.74) is -1.65. The van der Waals surface area contributed by atoms with E-state index in [2.05, 4.69) is 13.8 Å². The van der Waals surface area contributed by atoms with Crippen molar-refractivity contribution in [1.82, 2.24) is 0 Å². The molecule has 4 aliphatic rings. The van der Waals surface area contributed by atoms with E-state index in [4.69, 9.17) is 0 Å². The molecule has 27 heavy (non-hydrogen) atoms. The monoisotopic (exact) mass is 376 g/mol. The highest BCUT2D eigenvalue weighted by molar-refractivity contribution is 5.92. The van der Waals surface area contributed by atoms with Gasteiger partial charge in [-0.1, -0.05) is 26.3 Å². The highest BCUT2D eigenvalue weighted by Crippen LogP contribution is 2.73. The van der Waals surface area contributed by atoms with E-state index in [-0.39, 0.29) is 28.4 Å². The van der Waals surface area contributed by atoms with Crippen LogP contribution in [0, 0.1) is 28.1 Å². The van der Waals surface area contributed by atoms with Gasteiger partial charge >= 0.3 is 0 Å². The van der Waals surface area contributed by atoms with Crippen molar-refractivity contribution in [1.29, 1.82) is 0 Å². The normalized spacial score (nSPS) is 51.9. The molecule has 3 N–H and O–H groups in total. The van der Waals surface area contributed by atoms with Crippen LogP contribution < -0.4 is 0 Å². The van der Waals surface area contributed by atoms with Gasteiger partial charge in [0, 0.05) is 11.8 Å². The van der Waals surface area contributed by atoms with Gasteiger partial charge in [-0.2, -0.15) is 0 Å². The summed E-state index contributed by atoms with van der Waals surface area (Å²) in [5.74, 6) is -0.117. The lowest BCUT2D eigenvalue weighted by Gasteiger charge is -2.64. The minimum atomic E-state index is -1.58. The number of carbonyl (C=O) groups is 2. The summed E-state index contributed by atoms with van der Waals surface area (Å²) in [4.78, 5) is 24.5. The topological polar surface area (TPSA) is 94.8 Å². The lowest BCUT2D eigenvalue weighted by atomic mass is 9.40. The first-order valence-corrected chi connectivity index (χ1v) is 10.3. The fourth-order valence-corrected chi connectivity index (χ4v) is 7.64. The van der Waals surface area contributed by atoms with E-state index in [0.717, 1.165) is 19.3 Å². The third-order valence-electron chi connectivity index (χ3n) is 9.49. The number of allylic oxidation sites excluding steroid dienone is 1. The minimum Gasteiger partial charge on any atom is -0.393 e. The molecular weight excluding hydrogens is 344 g/mol. The van der Waals surface area contributed by atoms with Crippen molar-refractivity contribution >= 4 is 11.6 Å². The van der Waals surface area contributed by atoms with Crippen LogP contribution in [-0.2, 0) is 9.59 Å². The van der Waals surface area contributed by atoms with Crippen LogP contribution in [0.2, 0.25) is 0 Å². The van der Waals surface area contributed by atoms with Crippen LogP contribution in [0.4, 0.5) is 0 Å². The van der Waals surface area contributed by atoms with E-state index in [9.17, 15) is 24.9 Å². The Morgan fingerprint density at radius 1 is 1.19 bits per heavy atom. The molecule has 0 saturated heterocycles. The SMILES string of the molecule is CC12CC[C@@](O)(C(=O)CO)[C@@]1(C)C[C@H](O)C1C2CCC2=CC(=O)CC[C@@]21C. The van der Waals surface area contributed by atoms with Gasteiger partial charge in [-0.05, 0) is 67.3 Å². The van der Waals surface area contributed by atoms with Crippen LogP contribution in [-0.4, -0.2) is 45.2 Å². The van der Waals surface area contributed by atoms with E-state index >= 15 is 0 Å². The molecular formula is C22H32O5. The Balaban J connectivity index is 1.80. The zero-order chi connectivity index (χ0) is 19.8. The van der Waals surface area contributed by atoms with Crippen molar-refractivity contribution < 1.29 is 24.9 Å². The number of carbonyl (C=O) groups excluding carboxylic acids is 2. The zero-order valence-corrected chi connectivity index (χ0v) is 16.6. The summed E-state index contributed by atoms with van der Waals surface area (Å²) in [7, 11) is 0. The van der Waals surface area contributed by atoms with Crippen molar-refractivity contribution in [2.24, 2.45) is 28.1 Å². The van der Waals surface area contributed by atoms with Gasteiger partial charge in [0.2, 0.25) is 0 Å². The number of hydrogen-bond acceptors (Lipinski definition) is 5. The van der Waals surface area contributed by atoms with Crippen LogP contribution in [0.5, 0.6) is 0 Å². The number of ketones is 2. The Labute approximate surface area is 160 Å². The standard InChI is InChI=1S/C22H32O5/c1-19-7-6-14(24)10-13(19)4-5-15-18(19)16(25)11-21(3)20(15,2)8-9-22(21,27)17(26)12-23/h10,15-16,18,23,25,27H,4-9,11-12H2,1-3H3/t15?,16-,18?,19-,20?,21-,22+/m0/s1. The van der Waals surface area contributed by atoms with Crippen LogP contribution in [0.15, 0.2) is 11.6 Å². The predicted octanol–water partition coefficient (Wildman–Crippen LogP) is 2.17. The lowest BCUT2D eigenvalue weighted by Crippen LogP contribution is -2.65. The fourth-order valence-electron chi connectivity index (χ4n) is 7.64. The van der Waals surface area contributed by atoms with Crippen molar-refractivity contribution in [2.75, 3.05) is 6.61 Å². The molecule has 0 aromatic rings. The minimum absolute atomic E-state index is 0.0373. The maximum absolute atomic E-state index is 12.5. The highest BCUT2D eigenvalue weighted by Gasteiger charge is 2.73. The quantitative estimate of drug-likeness (QED) is 0.687. The second kappa shape index (κ2) is 5.74. The molecule has 3 fully saturated rings.